The van der Waals surface area contributed by atoms with E-state index in [1.807, 2.05) is 54.6 Å². The maximum absolute atomic E-state index is 12.8. The summed E-state index contributed by atoms with van der Waals surface area (Å²) in [5.74, 6) is 0.893. The number of rotatable bonds is 9. The minimum Gasteiger partial charge on any atom is -0.457 e. The number of hydrogen-bond donors (Lipinski definition) is 2. The predicted octanol–water partition coefficient (Wildman–Crippen LogP) is 4.09. The topological polar surface area (TPSA) is 108 Å². The molecule has 2 fully saturated rings. The second-order valence-electron chi connectivity index (χ2n) is 9.78. The van der Waals surface area contributed by atoms with E-state index < -0.39 is 11.0 Å². The molecule has 2 aromatic rings. The lowest BCUT2D eigenvalue weighted by Gasteiger charge is -2.34. The largest absolute Gasteiger partial charge is 0.457 e. The number of carbonyl (C=O) groups is 2. The van der Waals surface area contributed by atoms with E-state index in [0.29, 0.717) is 45.3 Å². The van der Waals surface area contributed by atoms with Crippen molar-refractivity contribution in [1.82, 2.24) is 10.2 Å². The monoisotopic (exact) mass is 473 g/mol. The number of nitrogens with two attached hydrogens (primary N) is 1. The molecule has 4 rings (SSSR count). The van der Waals surface area contributed by atoms with Crippen LogP contribution in [0.3, 0.4) is 0 Å². The van der Waals surface area contributed by atoms with Gasteiger partial charge in [0, 0.05) is 30.6 Å². The summed E-state index contributed by atoms with van der Waals surface area (Å²) in [4.78, 5) is 27.1. The van der Waals surface area contributed by atoms with Crippen LogP contribution in [0, 0.1) is 23.2 Å². The van der Waals surface area contributed by atoms with E-state index in [1.54, 1.807) is 0 Å². The van der Waals surface area contributed by atoms with E-state index in [4.69, 9.17) is 10.5 Å². The molecule has 183 valence electrons. The molecular weight excluding hydrogens is 440 g/mol. The summed E-state index contributed by atoms with van der Waals surface area (Å²) in [7, 11) is 0. The fourth-order valence-electron chi connectivity index (χ4n) is 5.19. The fraction of sp³-hybridized carbons (Fsp3) is 0.429. The first-order valence-corrected chi connectivity index (χ1v) is 12.3. The smallest absolute Gasteiger partial charge is 0.225 e. The van der Waals surface area contributed by atoms with Gasteiger partial charge in [0.15, 0.2) is 0 Å². The van der Waals surface area contributed by atoms with Crippen LogP contribution in [0.2, 0.25) is 0 Å². The number of benzene rings is 2. The first kappa shape index (κ1) is 24.7. The van der Waals surface area contributed by atoms with Crippen LogP contribution in [0.15, 0.2) is 54.6 Å². The molecule has 1 aliphatic heterocycles. The van der Waals surface area contributed by atoms with Crippen LogP contribution in [0.5, 0.6) is 11.5 Å². The van der Waals surface area contributed by atoms with Gasteiger partial charge in [0.05, 0.1) is 12.5 Å². The third-order valence-electron chi connectivity index (χ3n) is 7.27. The van der Waals surface area contributed by atoms with Gasteiger partial charge in [-0.15, -0.1) is 0 Å². The van der Waals surface area contributed by atoms with Crippen molar-refractivity contribution in [3.63, 3.8) is 0 Å². The highest BCUT2D eigenvalue weighted by Gasteiger charge is 2.42. The third-order valence-corrected chi connectivity index (χ3v) is 7.27. The molecule has 3 N–H and O–H groups in total. The highest BCUT2D eigenvalue weighted by molar-refractivity contribution is 5.88. The summed E-state index contributed by atoms with van der Waals surface area (Å²) in [6.45, 7) is 1.71. The van der Waals surface area contributed by atoms with Gasteiger partial charge in [-0.25, -0.2) is 0 Å². The molecule has 0 spiro atoms. The highest BCUT2D eigenvalue weighted by atomic mass is 16.5. The van der Waals surface area contributed by atoms with E-state index in [2.05, 4.69) is 16.3 Å². The van der Waals surface area contributed by atoms with Gasteiger partial charge in [-0.2, -0.15) is 5.26 Å². The summed E-state index contributed by atoms with van der Waals surface area (Å²) in [6, 6.07) is 19.8. The van der Waals surface area contributed by atoms with Gasteiger partial charge >= 0.3 is 0 Å². The van der Waals surface area contributed by atoms with Crippen molar-refractivity contribution >= 4 is 11.8 Å². The Morgan fingerprint density at radius 1 is 1.06 bits per heavy atom. The summed E-state index contributed by atoms with van der Waals surface area (Å²) < 4.78 is 6.08. The van der Waals surface area contributed by atoms with Gasteiger partial charge in [0.2, 0.25) is 11.8 Å². The number of carbonyl (C=O) groups excluding carboxylic acids is 2. The fourth-order valence-corrected chi connectivity index (χ4v) is 5.19. The Balaban J connectivity index is 1.35. The van der Waals surface area contributed by atoms with Crippen LogP contribution in [0.4, 0.5) is 0 Å². The zero-order chi connectivity index (χ0) is 24.7. The zero-order valence-corrected chi connectivity index (χ0v) is 20.0. The van der Waals surface area contributed by atoms with Crippen molar-refractivity contribution in [1.29, 1.82) is 5.26 Å². The average Bonchev–Trinajstić information content (AvgIpc) is 3.28. The number of hydrogen-bond acceptors (Lipinski definition) is 5. The first-order chi connectivity index (χ1) is 16.9. The van der Waals surface area contributed by atoms with Gasteiger partial charge in [0.1, 0.15) is 17.0 Å². The molecule has 1 heterocycles. The molecule has 1 saturated carbocycles. The molecule has 1 aliphatic carbocycles. The lowest BCUT2D eigenvalue weighted by atomic mass is 9.70. The van der Waals surface area contributed by atoms with Crippen molar-refractivity contribution < 1.29 is 14.3 Å². The number of nitrogens with one attached hydrogen (secondary N) is 1. The molecule has 1 unspecified atom stereocenters. The normalized spacial score (nSPS) is 21.7. The van der Waals surface area contributed by atoms with Gasteiger partial charge in [-0.1, -0.05) is 55.7 Å². The lowest BCUT2D eigenvalue weighted by Crippen LogP contribution is -2.50. The molecule has 1 saturated heterocycles. The summed E-state index contributed by atoms with van der Waals surface area (Å²) in [6.07, 6.45) is 6.79. The van der Waals surface area contributed by atoms with Gasteiger partial charge in [0.25, 0.3) is 0 Å². The number of amides is 2. The van der Waals surface area contributed by atoms with Crippen LogP contribution < -0.4 is 15.8 Å². The molecule has 0 aromatic heterocycles. The van der Waals surface area contributed by atoms with Crippen molar-refractivity contribution in [2.45, 2.75) is 57.0 Å². The van der Waals surface area contributed by atoms with E-state index in [0.717, 1.165) is 36.3 Å². The standard InChI is InChI=1S/C28H33N4O3/c29-20-28(31-25(33)13-16-27(26(30)34)14-7-2-8-15-27)17-18-32(21-28)19-22-9-5-6-12-24(22)35-23-10-3-1-4-11-23/h1,3-6,9-13H,2,7-8,14-19,21H2,(H2,30,34)(H,31,33). The predicted molar refractivity (Wildman–Crippen MR) is 133 cm³/mol. The molecule has 2 aliphatic rings. The number of primary amides is 1. The molecule has 35 heavy (non-hydrogen) atoms. The van der Waals surface area contributed by atoms with Crippen molar-refractivity contribution in [3.8, 4) is 17.6 Å². The van der Waals surface area contributed by atoms with Gasteiger partial charge < -0.3 is 15.8 Å². The van der Waals surface area contributed by atoms with Crippen LogP contribution in [-0.2, 0) is 16.1 Å². The highest BCUT2D eigenvalue weighted by Crippen LogP contribution is 2.40. The second-order valence-corrected chi connectivity index (χ2v) is 9.78. The van der Waals surface area contributed by atoms with Gasteiger partial charge in [-0.05, 0) is 43.9 Å². The molecule has 1 atom stereocenters. The number of para-hydroxylation sites is 2. The van der Waals surface area contributed by atoms with E-state index in [-0.39, 0.29) is 11.8 Å². The lowest BCUT2D eigenvalue weighted by molar-refractivity contribution is -0.129. The Morgan fingerprint density at radius 2 is 1.77 bits per heavy atom. The van der Waals surface area contributed by atoms with Crippen LogP contribution in [-0.4, -0.2) is 35.3 Å². The zero-order valence-electron chi connectivity index (χ0n) is 20.0. The van der Waals surface area contributed by atoms with E-state index in [1.165, 1.54) is 6.42 Å². The quantitative estimate of drug-likeness (QED) is 0.570. The van der Waals surface area contributed by atoms with Crippen LogP contribution >= 0.6 is 0 Å². The number of ether oxygens (including phenoxy) is 1. The van der Waals surface area contributed by atoms with E-state index >= 15 is 0 Å². The average molecular weight is 474 g/mol. The number of nitrogens with zero attached hydrogens (tertiary/aromatic N) is 2. The summed E-state index contributed by atoms with van der Waals surface area (Å²) in [5.41, 5.74) is 5.11. The first-order valence-electron chi connectivity index (χ1n) is 12.3. The number of likely N-dealkylation sites (tertiary alicyclic amines) is 1. The summed E-state index contributed by atoms with van der Waals surface area (Å²) in [5, 5.41) is 12.9. The molecule has 0 bridgehead atoms. The Hall–Kier alpha value is -3.37. The van der Waals surface area contributed by atoms with Crippen LogP contribution in [0.1, 0.15) is 50.5 Å². The molecule has 7 heteroatoms. The minimum absolute atomic E-state index is 0.313. The summed E-state index contributed by atoms with van der Waals surface area (Å²) >= 11 is 0. The van der Waals surface area contributed by atoms with Crippen molar-refractivity contribution in [2.24, 2.45) is 11.1 Å². The van der Waals surface area contributed by atoms with Crippen molar-refractivity contribution in [2.75, 3.05) is 13.1 Å². The second kappa shape index (κ2) is 10.9. The van der Waals surface area contributed by atoms with Gasteiger partial charge in [-0.3, -0.25) is 14.5 Å². The number of nitriles is 1. The minimum atomic E-state index is -0.963. The Kier molecular flexibility index (Phi) is 7.72. The van der Waals surface area contributed by atoms with E-state index in [9.17, 15) is 14.9 Å². The maximum Gasteiger partial charge on any atom is 0.225 e. The SMILES string of the molecule is N#CC1(NC(=O)[CH]CC2(C(N)=O)CCCCC2)CCN(Cc2ccccc2Oc2ccccc2)C1. The molecular formula is C28H33N4O3. The van der Waals surface area contributed by atoms with Crippen molar-refractivity contribution in [3.05, 3.63) is 66.6 Å². The molecule has 2 aromatic carbocycles. The Labute approximate surface area is 207 Å². The molecule has 2 amide bonds. The Morgan fingerprint density at radius 3 is 2.49 bits per heavy atom. The van der Waals surface area contributed by atoms with Crippen LogP contribution in [0.25, 0.3) is 0 Å². The molecule has 1 radical (unpaired) electrons. The maximum atomic E-state index is 12.8. The molecule has 7 nitrogen and oxygen atoms in total. The third kappa shape index (κ3) is 6.01. The Bertz CT molecular complexity index is 1080.